The minimum Gasteiger partial charge on any atom is -0.338 e. The Morgan fingerprint density at radius 2 is 1.45 bits per heavy atom. The van der Waals surface area contributed by atoms with Gasteiger partial charge in [-0.05, 0) is 55.0 Å². The minimum absolute atomic E-state index is 0.218. The Kier molecular flexibility index (Phi) is 6.95. The van der Waals surface area contributed by atoms with Gasteiger partial charge in [-0.1, -0.05) is 36.4 Å². The highest BCUT2D eigenvalue weighted by Crippen LogP contribution is 2.17. The molecule has 0 radical (unpaired) electrons. The van der Waals surface area contributed by atoms with Crippen molar-refractivity contribution in [2.75, 3.05) is 23.3 Å². The van der Waals surface area contributed by atoms with E-state index in [1.54, 1.807) is 17.0 Å². The lowest BCUT2D eigenvalue weighted by molar-refractivity contribution is 0.0986. The number of benzene rings is 3. The molecule has 6 heteroatoms. The Hall–Kier alpha value is -3.67. The highest BCUT2D eigenvalue weighted by atomic mass is 19.1. The van der Waals surface area contributed by atoms with Crippen LogP contribution in [0, 0.1) is 5.82 Å². The number of anilines is 2. The molecule has 0 saturated carbocycles. The van der Waals surface area contributed by atoms with Gasteiger partial charge in [0.25, 0.3) is 5.91 Å². The lowest BCUT2D eigenvalue weighted by atomic mass is 10.1. The van der Waals surface area contributed by atoms with Gasteiger partial charge in [-0.15, -0.1) is 0 Å². The van der Waals surface area contributed by atoms with Crippen LogP contribution < -0.4 is 15.5 Å². The third-order valence-electron chi connectivity index (χ3n) is 4.28. The molecular weight excluding hydrogens is 369 g/mol. The Balaban J connectivity index is 1.58. The summed E-state index contributed by atoms with van der Waals surface area (Å²) in [6, 6.07) is 23.6. The maximum atomic E-state index is 13.2. The van der Waals surface area contributed by atoms with E-state index in [0.29, 0.717) is 30.8 Å². The molecule has 0 bridgehead atoms. The Bertz CT molecular complexity index is 931. The average molecular weight is 391 g/mol. The molecule has 0 unspecified atom stereocenters. The summed E-state index contributed by atoms with van der Waals surface area (Å²) in [5, 5.41) is 5.54. The summed E-state index contributed by atoms with van der Waals surface area (Å²) < 4.78 is 13.2. The zero-order valence-corrected chi connectivity index (χ0v) is 15.8. The zero-order chi connectivity index (χ0) is 20.5. The van der Waals surface area contributed by atoms with E-state index >= 15 is 0 Å². The molecule has 0 heterocycles. The van der Waals surface area contributed by atoms with Crippen LogP contribution in [0.3, 0.4) is 0 Å². The van der Waals surface area contributed by atoms with Gasteiger partial charge < -0.3 is 15.5 Å². The first kappa shape index (κ1) is 20.1. The predicted octanol–water partition coefficient (Wildman–Crippen LogP) is 4.68. The number of halogens is 1. The Labute approximate surface area is 169 Å². The highest BCUT2D eigenvalue weighted by Gasteiger charge is 2.17. The molecule has 0 spiro atoms. The fraction of sp³-hybridized carbons (Fsp3) is 0.130. The van der Waals surface area contributed by atoms with Gasteiger partial charge in [-0.2, -0.15) is 0 Å². The van der Waals surface area contributed by atoms with Crippen LogP contribution in [-0.2, 0) is 0 Å². The van der Waals surface area contributed by atoms with E-state index in [2.05, 4.69) is 10.6 Å². The molecule has 3 aromatic rings. The van der Waals surface area contributed by atoms with Gasteiger partial charge in [-0.25, -0.2) is 9.18 Å². The summed E-state index contributed by atoms with van der Waals surface area (Å²) in [6.07, 6.45) is 0.560. The number of nitrogens with one attached hydrogen (secondary N) is 2. The molecule has 3 aromatic carbocycles. The molecule has 0 atom stereocenters. The van der Waals surface area contributed by atoms with Crippen molar-refractivity contribution in [3.05, 3.63) is 96.3 Å². The van der Waals surface area contributed by atoms with Gasteiger partial charge in [0.05, 0.1) is 0 Å². The van der Waals surface area contributed by atoms with Crippen molar-refractivity contribution in [3.63, 3.8) is 0 Å². The van der Waals surface area contributed by atoms with Gasteiger partial charge in [0.1, 0.15) is 5.82 Å². The largest absolute Gasteiger partial charge is 0.338 e. The number of urea groups is 1. The van der Waals surface area contributed by atoms with Crippen LogP contribution in [0.1, 0.15) is 16.8 Å². The van der Waals surface area contributed by atoms with Crippen molar-refractivity contribution < 1.29 is 14.0 Å². The molecule has 3 amide bonds. The second-order valence-corrected chi connectivity index (χ2v) is 6.40. The molecule has 148 valence electrons. The molecule has 0 aliphatic heterocycles. The fourth-order valence-electron chi connectivity index (χ4n) is 2.84. The maximum absolute atomic E-state index is 13.2. The first-order valence-electron chi connectivity index (χ1n) is 9.36. The molecule has 0 aliphatic carbocycles. The van der Waals surface area contributed by atoms with Crippen molar-refractivity contribution >= 4 is 23.3 Å². The van der Waals surface area contributed by atoms with Crippen LogP contribution in [0.15, 0.2) is 84.9 Å². The van der Waals surface area contributed by atoms with Crippen LogP contribution in [-0.4, -0.2) is 25.0 Å². The smallest absolute Gasteiger partial charge is 0.319 e. The number of nitrogens with zero attached hydrogens (tertiary/aromatic N) is 1. The van der Waals surface area contributed by atoms with Crippen LogP contribution in [0.4, 0.5) is 20.6 Å². The highest BCUT2D eigenvalue weighted by molar-refractivity contribution is 6.06. The molecule has 29 heavy (non-hydrogen) atoms. The van der Waals surface area contributed by atoms with Gasteiger partial charge in [0.15, 0.2) is 0 Å². The lowest BCUT2D eigenvalue weighted by Gasteiger charge is -2.23. The number of para-hydroxylation sites is 2. The summed E-state index contributed by atoms with van der Waals surface area (Å²) in [6.45, 7) is 0.810. The van der Waals surface area contributed by atoms with Crippen LogP contribution >= 0.6 is 0 Å². The standard InChI is InChI=1S/C23H22FN3O2/c24-19-14-12-18(13-15-19)22(28)27(21-10-5-2-6-11-21)17-7-16-25-23(29)26-20-8-3-1-4-9-20/h1-6,8-15H,7,16-17H2,(H2,25,26,29). The number of hydrogen-bond acceptors (Lipinski definition) is 2. The van der Waals surface area contributed by atoms with Crippen LogP contribution in [0.2, 0.25) is 0 Å². The van der Waals surface area contributed by atoms with Crippen LogP contribution in [0.25, 0.3) is 0 Å². The molecule has 0 aliphatic rings. The monoisotopic (exact) mass is 391 g/mol. The van der Waals surface area contributed by atoms with Gasteiger partial charge in [-0.3, -0.25) is 4.79 Å². The third kappa shape index (κ3) is 5.90. The van der Waals surface area contributed by atoms with Crippen LogP contribution in [0.5, 0.6) is 0 Å². The average Bonchev–Trinajstić information content (AvgIpc) is 2.75. The van der Waals surface area contributed by atoms with E-state index < -0.39 is 0 Å². The first-order chi connectivity index (χ1) is 14.1. The van der Waals surface area contributed by atoms with Gasteiger partial charge >= 0.3 is 6.03 Å². The van der Waals surface area contributed by atoms with Crippen molar-refractivity contribution in [3.8, 4) is 0 Å². The van der Waals surface area contributed by atoms with Gasteiger partial charge in [0.2, 0.25) is 0 Å². The minimum atomic E-state index is -0.388. The molecular formula is C23H22FN3O2. The number of rotatable bonds is 7. The molecule has 0 fully saturated rings. The molecule has 0 aromatic heterocycles. The van der Waals surface area contributed by atoms with Crippen molar-refractivity contribution in [1.82, 2.24) is 5.32 Å². The van der Waals surface area contributed by atoms with E-state index in [1.165, 1.54) is 24.3 Å². The van der Waals surface area contributed by atoms with Crippen molar-refractivity contribution in [2.24, 2.45) is 0 Å². The first-order valence-corrected chi connectivity index (χ1v) is 9.36. The maximum Gasteiger partial charge on any atom is 0.319 e. The number of hydrogen-bond donors (Lipinski definition) is 2. The second-order valence-electron chi connectivity index (χ2n) is 6.40. The summed E-state index contributed by atoms with van der Waals surface area (Å²) >= 11 is 0. The SMILES string of the molecule is O=C(NCCCN(C(=O)c1ccc(F)cc1)c1ccccc1)Nc1ccccc1. The van der Waals surface area contributed by atoms with E-state index in [4.69, 9.17) is 0 Å². The van der Waals surface area contributed by atoms with Crippen molar-refractivity contribution in [2.45, 2.75) is 6.42 Å². The number of carbonyl (C=O) groups excluding carboxylic acids is 2. The van der Waals surface area contributed by atoms with E-state index in [0.717, 1.165) is 5.69 Å². The van der Waals surface area contributed by atoms with E-state index in [1.807, 2.05) is 48.5 Å². The predicted molar refractivity (Wildman–Crippen MR) is 113 cm³/mol. The Morgan fingerprint density at radius 3 is 2.10 bits per heavy atom. The zero-order valence-electron chi connectivity index (χ0n) is 15.8. The number of carbonyl (C=O) groups is 2. The summed E-state index contributed by atoms with van der Waals surface area (Å²) in [5.74, 6) is -0.605. The third-order valence-corrected chi connectivity index (χ3v) is 4.28. The number of amides is 3. The summed E-state index contributed by atoms with van der Waals surface area (Å²) in [7, 11) is 0. The van der Waals surface area contributed by atoms with Gasteiger partial charge in [0, 0.05) is 30.0 Å². The topological polar surface area (TPSA) is 61.4 Å². The Morgan fingerprint density at radius 1 is 0.828 bits per heavy atom. The molecule has 3 rings (SSSR count). The quantitative estimate of drug-likeness (QED) is 0.574. The molecule has 5 nitrogen and oxygen atoms in total. The van der Waals surface area contributed by atoms with Crippen molar-refractivity contribution in [1.29, 1.82) is 0 Å². The summed E-state index contributed by atoms with van der Waals surface area (Å²) in [4.78, 5) is 26.5. The second kappa shape index (κ2) is 10.0. The fourth-order valence-corrected chi connectivity index (χ4v) is 2.84. The molecule has 2 N–H and O–H groups in total. The normalized spacial score (nSPS) is 10.2. The molecule has 0 saturated heterocycles. The lowest BCUT2D eigenvalue weighted by Crippen LogP contribution is -2.35. The summed E-state index contributed by atoms with van der Waals surface area (Å²) in [5.41, 5.74) is 1.86. The van der Waals surface area contributed by atoms with E-state index in [9.17, 15) is 14.0 Å². The van der Waals surface area contributed by atoms with E-state index in [-0.39, 0.29) is 17.8 Å².